The third kappa shape index (κ3) is 6.85. The van der Waals surface area contributed by atoms with Crippen LogP contribution in [0.3, 0.4) is 0 Å². The van der Waals surface area contributed by atoms with Crippen LogP contribution in [-0.2, 0) is 26.8 Å². The van der Waals surface area contributed by atoms with Crippen LogP contribution in [0.25, 0.3) is 11.4 Å². The first kappa shape index (κ1) is 30.2. The number of nitrogens with zero attached hydrogens (tertiary/aromatic N) is 4. The van der Waals surface area contributed by atoms with Gasteiger partial charge in [-0.05, 0) is 61.4 Å². The molecule has 1 N–H and O–H groups in total. The minimum Gasteiger partial charge on any atom is -0.495 e. The van der Waals surface area contributed by atoms with Gasteiger partial charge in [-0.2, -0.15) is 9.29 Å². The smallest absolute Gasteiger partial charge is 0.243 e. The van der Waals surface area contributed by atoms with Gasteiger partial charge in [-0.15, -0.1) is 0 Å². The molecule has 0 radical (unpaired) electrons. The van der Waals surface area contributed by atoms with Gasteiger partial charge in [-0.1, -0.05) is 56.6 Å². The number of piperidine rings is 2. The number of sulfonamides is 1. The lowest BCUT2D eigenvalue weighted by atomic mass is 9.87. The van der Waals surface area contributed by atoms with Crippen molar-refractivity contribution in [2.24, 2.45) is 5.92 Å². The Morgan fingerprint density at radius 2 is 1.79 bits per heavy atom. The van der Waals surface area contributed by atoms with Gasteiger partial charge in [-0.25, -0.2) is 8.42 Å². The minimum absolute atomic E-state index is 0.0662. The maximum Gasteiger partial charge on any atom is 0.243 e. The van der Waals surface area contributed by atoms with E-state index in [4.69, 9.17) is 9.26 Å². The van der Waals surface area contributed by atoms with E-state index >= 15 is 0 Å². The number of carbonyl (C=O) groups excluding carboxylic acids is 1. The zero-order valence-electron chi connectivity index (χ0n) is 24.9. The molecule has 11 heteroatoms. The van der Waals surface area contributed by atoms with Crippen molar-refractivity contribution in [2.75, 3.05) is 38.6 Å². The number of likely N-dealkylation sites (tertiary alicyclic amines) is 1. The molecule has 2 aliphatic heterocycles. The first-order valence-electron chi connectivity index (χ1n) is 14.7. The average Bonchev–Trinajstić information content (AvgIpc) is 3.45. The number of rotatable bonds is 8. The molecule has 0 saturated carbocycles. The number of hydrogen-bond acceptors (Lipinski definition) is 8. The number of methoxy groups -OCH3 is 1. The molecule has 3 heterocycles. The number of nitrogens with one attached hydrogen (secondary N) is 1. The van der Waals surface area contributed by atoms with Gasteiger partial charge in [0.25, 0.3) is 0 Å². The van der Waals surface area contributed by atoms with E-state index in [2.05, 4.69) is 53.3 Å². The molecule has 0 spiro atoms. The molecule has 1 amide bonds. The Bertz CT molecular complexity index is 1490. The number of amides is 1. The SMILES string of the molecule is COc1ccc(S(=O)(=O)N2CCCCC2)cc1NC(=O)C1CCCN(Cc2nc(-c3ccc(C(C)(C)C)cc3)no2)C1. The molecule has 5 rings (SSSR count). The highest BCUT2D eigenvalue weighted by Gasteiger charge is 2.30. The van der Waals surface area contributed by atoms with Gasteiger partial charge in [0.1, 0.15) is 5.75 Å². The highest BCUT2D eigenvalue weighted by atomic mass is 32.2. The lowest BCUT2D eigenvalue weighted by molar-refractivity contribution is -0.121. The molecule has 0 aliphatic carbocycles. The zero-order chi connectivity index (χ0) is 29.9. The number of anilines is 1. The fourth-order valence-electron chi connectivity index (χ4n) is 5.59. The van der Waals surface area contributed by atoms with E-state index in [0.717, 1.165) is 44.2 Å². The summed E-state index contributed by atoms with van der Waals surface area (Å²) in [5.74, 6) is 1.02. The van der Waals surface area contributed by atoms with Crippen LogP contribution < -0.4 is 10.1 Å². The average molecular weight is 596 g/mol. The fraction of sp³-hybridized carbons (Fsp3) is 0.516. The molecule has 226 valence electrons. The summed E-state index contributed by atoms with van der Waals surface area (Å²) in [5.41, 5.74) is 2.56. The van der Waals surface area contributed by atoms with Crippen LogP contribution in [0.2, 0.25) is 0 Å². The normalized spacial score (nSPS) is 19.0. The van der Waals surface area contributed by atoms with Crippen molar-refractivity contribution in [1.29, 1.82) is 0 Å². The van der Waals surface area contributed by atoms with Crippen LogP contribution in [-0.4, -0.2) is 67.0 Å². The number of benzene rings is 2. The zero-order valence-corrected chi connectivity index (χ0v) is 25.7. The monoisotopic (exact) mass is 595 g/mol. The standard InChI is InChI=1S/C31H41N5O5S/c1-31(2,3)24-12-10-22(11-13-24)29-33-28(41-34-29)21-35-16-8-9-23(20-35)30(37)32-26-19-25(14-15-27(26)40-4)42(38,39)36-17-6-5-7-18-36/h10-15,19,23H,5-9,16-18,20-21H2,1-4H3,(H,32,37). The van der Waals surface area contributed by atoms with Gasteiger partial charge in [0.2, 0.25) is 27.6 Å². The van der Waals surface area contributed by atoms with Crippen molar-refractivity contribution in [3.05, 3.63) is 53.9 Å². The van der Waals surface area contributed by atoms with E-state index < -0.39 is 10.0 Å². The van der Waals surface area contributed by atoms with E-state index in [1.807, 2.05) is 12.1 Å². The van der Waals surface area contributed by atoms with Crippen LogP contribution in [0.5, 0.6) is 5.75 Å². The molecule has 42 heavy (non-hydrogen) atoms. The summed E-state index contributed by atoms with van der Waals surface area (Å²) in [4.78, 5) is 20.3. The first-order valence-corrected chi connectivity index (χ1v) is 16.1. The maximum absolute atomic E-state index is 13.4. The largest absolute Gasteiger partial charge is 0.495 e. The molecule has 3 aromatic rings. The van der Waals surface area contributed by atoms with Crippen molar-refractivity contribution >= 4 is 21.6 Å². The number of aromatic nitrogens is 2. The van der Waals surface area contributed by atoms with Crippen LogP contribution in [0.15, 0.2) is 51.9 Å². The molecule has 2 fully saturated rings. The summed E-state index contributed by atoms with van der Waals surface area (Å²) < 4.78 is 39.0. The molecule has 2 aliphatic rings. The summed E-state index contributed by atoms with van der Waals surface area (Å²) in [7, 11) is -2.14. The number of ether oxygens (including phenoxy) is 1. The lowest BCUT2D eigenvalue weighted by Gasteiger charge is -2.31. The Morgan fingerprint density at radius 1 is 1.05 bits per heavy atom. The molecule has 1 atom stereocenters. The van der Waals surface area contributed by atoms with E-state index in [1.54, 1.807) is 12.1 Å². The Hall–Kier alpha value is -3.28. The van der Waals surface area contributed by atoms with Crippen molar-refractivity contribution in [1.82, 2.24) is 19.3 Å². The highest BCUT2D eigenvalue weighted by molar-refractivity contribution is 7.89. The van der Waals surface area contributed by atoms with Gasteiger partial charge in [0.15, 0.2) is 0 Å². The van der Waals surface area contributed by atoms with Gasteiger partial charge >= 0.3 is 0 Å². The minimum atomic E-state index is -3.65. The third-order valence-electron chi connectivity index (χ3n) is 8.09. The Morgan fingerprint density at radius 3 is 2.48 bits per heavy atom. The second-order valence-corrected chi connectivity index (χ2v) is 14.2. The van der Waals surface area contributed by atoms with Gasteiger partial charge < -0.3 is 14.6 Å². The summed E-state index contributed by atoms with van der Waals surface area (Å²) in [6, 6.07) is 12.9. The van der Waals surface area contributed by atoms with Gasteiger partial charge in [-0.3, -0.25) is 9.69 Å². The molecule has 10 nitrogen and oxygen atoms in total. The van der Waals surface area contributed by atoms with Crippen LogP contribution >= 0.6 is 0 Å². The van der Waals surface area contributed by atoms with Gasteiger partial charge in [0, 0.05) is 25.2 Å². The van der Waals surface area contributed by atoms with E-state index in [-0.39, 0.29) is 22.1 Å². The molecular formula is C31H41N5O5S. The molecule has 2 aromatic carbocycles. The quantitative estimate of drug-likeness (QED) is 0.384. The van der Waals surface area contributed by atoms with Crippen molar-refractivity contribution in [2.45, 2.75) is 69.7 Å². The van der Waals surface area contributed by atoms with Crippen molar-refractivity contribution in [3.8, 4) is 17.1 Å². The number of hydrogen-bond donors (Lipinski definition) is 1. The van der Waals surface area contributed by atoms with Crippen molar-refractivity contribution in [3.63, 3.8) is 0 Å². The predicted molar refractivity (Wildman–Crippen MR) is 161 cm³/mol. The predicted octanol–water partition coefficient (Wildman–Crippen LogP) is 5.07. The number of carbonyl (C=O) groups is 1. The molecule has 1 unspecified atom stereocenters. The summed E-state index contributed by atoms with van der Waals surface area (Å²) in [6.45, 7) is 9.34. The second kappa shape index (κ2) is 12.5. The van der Waals surface area contributed by atoms with E-state index in [0.29, 0.717) is 49.3 Å². The first-order chi connectivity index (χ1) is 20.0. The van der Waals surface area contributed by atoms with Gasteiger partial charge in [0.05, 0.1) is 30.2 Å². The Kier molecular flexibility index (Phi) is 9.00. The highest BCUT2D eigenvalue weighted by Crippen LogP contribution is 2.31. The lowest BCUT2D eigenvalue weighted by Crippen LogP contribution is -2.40. The summed E-state index contributed by atoms with van der Waals surface area (Å²) in [5, 5.41) is 7.12. The summed E-state index contributed by atoms with van der Waals surface area (Å²) in [6.07, 6.45) is 4.31. The third-order valence-corrected chi connectivity index (χ3v) is 9.99. The van der Waals surface area contributed by atoms with E-state index in [1.165, 1.54) is 23.0 Å². The van der Waals surface area contributed by atoms with Crippen LogP contribution in [0.1, 0.15) is 64.3 Å². The molecule has 2 saturated heterocycles. The second-order valence-electron chi connectivity index (χ2n) is 12.2. The fourth-order valence-corrected chi connectivity index (χ4v) is 7.14. The maximum atomic E-state index is 13.4. The van der Waals surface area contributed by atoms with Crippen LogP contribution in [0, 0.1) is 5.92 Å². The van der Waals surface area contributed by atoms with Crippen molar-refractivity contribution < 1.29 is 22.5 Å². The molecular weight excluding hydrogens is 554 g/mol. The molecule has 1 aromatic heterocycles. The molecule has 0 bridgehead atoms. The summed E-state index contributed by atoms with van der Waals surface area (Å²) >= 11 is 0. The van der Waals surface area contributed by atoms with Crippen LogP contribution in [0.4, 0.5) is 5.69 Å². The van der Waals surface area contributed by atoms with E-state index in [9.17, 15) is 13.2 Å². The topological polar surface area (TPSA) is 118 Å². The Balaban J connectivity index is 1.23. The Labute approximate surface area is 248 Å².